The van der Waals surface area contributed by atoms with Gasteiger partial charge in [0.25, 0.3) is 0 Å². The van der Waals surface area contributed by atoms with E-state index in [-0.39, 0.29) is 23.1 Å². The molecule has 3 nitrogen and oxygen atoms in total. The maximum Gasteiger partial charge on any atom is 0.158 e. The Morgan fingerprint density at radius 2 is 1.28 bits per heavy atom. The quantitative estimate of drug-likeness (QED) is 0.591. The van der Waals surface area contributed by atoms with E-state index in [2.05, 4.69) is 0 Å². The topological polar surface area (TPSA) is 60.7 Å². The number of rotatable bonds is 2. The van der Waals surface area contributed by atoms with E-state index in [9.17, 15) is 19.7 Å². The molecule has 1 aliphatic rings. The predicted octanol–water partition coefficient (Wildman–Crippen LogP) is 4.77. The monoisotopic (exact) mass is 336 g/mol. The molecule has 0 saturated heterocycles. The van der Waals surface area contributed by atoms with E-state index in [1.165, 1.54) is 18.2 Å². The van der Waals surface area contributed by atoms with Gasteiger partial charge in [-0.25, -0.2) is 4.39 Å². The van der Waals surface area contributed by atoms with Crippen molar-refractivity contribution in [2.45, 2.75) is 19.3 Å². The Hall–Kier alpha value is -3.01. The molecule has 4 rings (SSSR count). The SMILES string of the molecule is Oc1ccc(-c2ccc(-c3ccc(O)c4c3CCC4)c(F)c2)cc1O. The largest absolute Gasteiger partial charge is 0.508 e. The Morgan fingerprint density at radius 1 is 0.640 bits per heavy atom. The van der Waals surface area contributed by atoms with Gasteiger partial charge in [0, 0.05) is 5.56 Å². The zero-order valence-electron chi connectivity index (χ0n) is 13.5. The van der Waals surface area contributed by atoms with Crippen LogP contribution in [0.15, 0.2) is 48.5 Å². The van der Waals surface area contributed by atoms with E-state index in [0.717, 1.165) is 36.0 Å². The maximum atomic E-state index is 14.8. The summed E-state index contributed by atoms with van der Waals surface area (Å²) in [5, 5.41) is 29.0. The molecule has 126 valence electrons. The Kier molecular flexibility index (Phi) is 3.61. The molecule has 0 fully saturated rings. The van der Waals surface area contributed by atoms with E-state index in [1.807, 2.05) is 0 Å². The minimum absolute atomic E-state index is 0.208. The van der Waals surface area contributed by atoms with Crippen molar-refractivity contribution in [3.8, 4) is 39.5 Å². The second kappa shape index (κ2) is 5.81. The lowest BCUT2D eigenvalue weighted by Crippen LogP contribution is -1.93. The Bertz CT molecular complexity index is 979. The van der Waals surface area contributed by atoms with E-state index in [0.29, 0.717) is 16.7 Å². The summed E-state index contributed by atoms with van der Waals surface area (Å²) >= 11 is 0. The maximum absolute atomic E-state index is 14.8. The first-order chi connectivity index (χ1) is 12.0. The molecular weight excluding hydrogens is 319 g/mol. The zero-order chi connectivity index (χ0) is 17.6. The highest BCUT2D eigenvalue weighted by atomic mass is 19.1. The van der Waals surface area contributed by atoms with Crippen LogP contribution < -0.4 is 0 Å². The molecule has 3 N–H and O–H groups in total. The third kappa shape index (κ3) is 2.60. The van der Waals surface area contributed by atoms with Crippen molar-refractivity contribution in [1.29, 1.82) is 0 Å². The summed E-state index contributed by atoms with van der Waals surface area (Å²) in [6.45, 7) is 0. The number of hydrogen-bond acceptors (Lipinski definition) is 3. The van der Waals surface area contributed by atoms with E-state index < -0.39 is 0 Å². The van der Waals surface area contributed by atoms with Gasteiger partial charge in [0.05, 0.1) is 0 Å². The fraction of sp³-hybridized carbons (Fsp3) is 0.143. The fourth-order valence-corrected chi connectivity index (χ4v) is 3.56. The van der Waals surface area contributed by atoms with Crippen molar-refractivity contribution in [3.63, 3.8) is 0 Å². The van der Waals surface area contributed by atoms with Crippen molar-refractivity contribution < 1.29 is 19.7 Å². The van der Waals surface area contributed by atoms with E-state index in [1.54, 1.807) is 30.3 Å². The third-order valence-corrected chi connectivity index (χ3v) is 4.83. The van der Waals surface area contributed by atoms with Crippen LogP contribution in [0.1, 0.15) is 17.5 Å². The molecule has 0 aromatic heterocycles. The summed E-state index contributed by atoms with van der Waals surface area (Å²) in [5.74, 6) is -0.517. The van der Waals surface area contributed by atoms with Crippen LogP contribution >= 0.6 is 0 Å². The van der Waals surface area contributed by atoms with Gasteiger partial charge in [0.15, 0.2) is 11.5 Å². The molecule has 0 radical (unpaired) electrons. The summed E-state index contributed by atoms with van der Waals surface area (Å²) in [6, 6.07) is 12.7. The predicted molar refractivity (Wildman–Crippen MR) is 94.3 cm³/mol. The van der Waals surface area contributed by atoms with Gasteiger partial charge in [-0.1, -0.05) is 24.3 Å². The number of aromatic hydroxyl groups is 3. The lowest BCUT2D eigenvalue weighted by molar-refractivity contribution is 0.404. The van der Waals surface area contributed by atoms with Gasteiger partial charge in [-0.05, 0) is 71.3 Å². The molecule has 0 unspecified atom stereocenters. The van der Waals surface area contributed by atoms with Gasteiger partial charge in [-0.3, -0.25) is 0 Å². The standard InChI is InChI=1S/C21H17FO3/c22-18-10-12(13-5-8-20(24)21(25)11-13)4-6-16(18)15-7-9-19(23)17-3-1-2-14(15)17/h4-11,23-25H,1-3H2. The average molecular weight is 336 g/mol. The molecule has 0 atom stereocenters. The van der Waals surface area contributed by atoms with Crippen LogP contribution in [0.4, 0.5) is 4.39 Å². The van der Waals surface area contributed by atoms with Crippen molar-refractivity contribution in [1.82, 2.24) is 0 Å². The van der Waals surface area contributed by atoms with E-state index >= 15 is 0 Å². The van der Waals surface area contributed by atoms with Crippen LogP contribution in [0.5, 0.6) is 17.2 Å². The second-order valence-corrected chi connectivity index (χ2v) is 6.34. The van der Waals surface area contributed by atoms with Crippen LogP contribution in [0, 0.1) is 5.82 Å². The molecular formula is C21H17FO3. The second-order valence-electron chi connectivity index (χ2n) is 6.34. The summed E-state index contributed by atoms with van der Waals surface area (Å²) in [6.07, 6.45) is 2.62. The molecule has 0 bridgehead atoms. The number of benzene rings is 3. The Labute approximate surface area is 144 Å². The van der Waals surface area contributed by atoms with Gasteiger partial charge in [-0.2, -0.15) is 0 Å². The third-order valence-electron chi connectivity index (χ3n) is 4.83. The number of halogens is 1. The van der Waals surface area contributed by atoms with Gasteiger partial charge >= 0.3 is 0 Å². The summed E-state index contributed by atoms with van der Waals surface area (Å²) < 4.78 is 14.8. The van der Waals surface area contributed by atoms with Gasteiger partial charge in [0.2, 0.25) is 0 Å². The van der Waals surface area contributed by atoms with Crippen LogP contribution in [-0.2, 0) is 12.8 Å². The smallest absolute Gasteiger partial charge is 0.158 e. The highest BCUT2D eigenvalue weighted by molar-refractivity contribution is 5.76. The van der Waals surface area contributed by atoms with Gasteiger partial charge < -0.3 is 15.3 Å². The van der Waals surface area contributed by atoms with Crippen molar-refractivity contribution in [2.75, 3.05) is 0 Å². The molecule has 0 heterocycles. The highest BCUT2D eigenvalue weighted by Gasteiger charge is 2.21. The molecule has 0 spiro atoms. The van der Waals surface area contributed by atoms with Crippen molar-refractivity contribution in [3.05, 3.63) is 65.5 Å². The van der Waals surface area contributed by atoms with Crippen LogP contribution in [0.25, 0.3) is 22.3 Å². The molecule has 0 aliphatic heterocycles. The van der Waals surface area contributed by atoms with Crippen molar-refractivity contribution in [2.24, 2.45) is 0 Å². The minimum Gasteiger partial charge on any atom is -0.508 e. The summed E-state index contributed by atoms with van der Waals surface area (Å²) in [7, 11) is 0. The first-order valence-corrected chi connectivity index (χ1v) is 8.20. The van der Waals surface area contributed by atoms with Crippen LogP contribution in [0.2, 0.25) is 0 Å². The van der Waals surface area contributed by atoms with Gasteiger partial charge in [-0.15, -0.1) is 0 Å². The molecule has 0 amide bonds. The van der Waals surface area contributed by atoms with Crippen LogP contribution in [-0.4, -0.2) is 15.3 Å². The average Bonchev–Trinajstić information content (AvgIpc) is 3.09. The fourth-order valence-electron chi connectivity index (χ4n) is 3.56. The molecule has 0 saturated carbocycles. The van der Waals surface area contributed by atoms with E-state index in [4.69, 9.17) is 0 Å². The number of phenols is 3. The first-order valence-electron chi connectivity index (χ1n) is 8.20. The van der Waals surface area contributed by atoms with Gasteiger partial charge in [0.1, 0.15) is 11.6 Å². The Balaban J connectivity index is 1.79. The summed E-state index contributed by atoms with van der Waals surface area (Å²) in [5.41, 5.74) is 4.51. The molecule has 4 heteroatoms. The minimum atomic E-state index is -0.357. The number of hydrogen-bond donors (Lipinski definition) is 3. The van der Waals surface area contributed by atoms with Crippen LogP contribution in [0.3, 0.4) is 0 Å². The first kappa shape index (κ1) is 15.5. The summed E-state index contributed by atoms with van der Waals surface area (Å²) in [4.78, 5) is 0. The molecule has 3 aromatic rings. The molecule has 25 heavy (non-hydrogen) atoms. The molecule has 1 aliphatic carbocycles. The number of phenolic OH excluding ortho intramolecular Hbond substituents is 3. The lowest BCUT2D eigenvalue weighted by atomic mass is 9.94. The molecule has 3 aromatic carbocycles. The highest BCUT2D eigenvalue weighted by Crippen LogP contribution is 2.39. The zero-order valence-corrected chi connectivity index (χ0v) is 13.5. The Morgan fingerprint density at radius 3 is 2.04 bits per heavy atom. The van der Waals surface area contributed by atoms with Crippen molar-refractivity contribution >= 4 is 0 Å². The normalized spacial score (nSPS) is 13.0. The lowest BCUT2D eigenvalue weighted by Gasteiger charge is -2.12. The number of fused-ring (bicyclic) bond motifs is 1.